The minimum Gasteiger partial charge on any atom is -0.383 e. The summed E-state index contributed by atoms with van der Waals surface area (Å²) in [5.74, 6) is -0.622. The highest BCUT2D eigenvalue weighted by atomic mass is 16.6. The molecule has 0 bridgehead atoms. The normalized spacial score (nSPS) is 12.4. The maximum atomic E-state index is 10.9. The van der Waals surface area contributed by atoms with E-state index in [1.807, 2.05) is 0 Å². The maximum Gasteiger partial charge on any atom is 0.269 e. The number of non-ortho nitro benzene ring substituents is 1. The quantitative estimate of drug-likeness (QED) is 0.450. The fourth-order valence-electron chi connectivity index (χ4n) is 0.946. The van der Waals surface area contributed by atoms with E-state index in [1.54, 1.807) is 0 Å². The molecule has 1 atom stereocenters. The number of nitrogens with one attached hydrogen (secondary N) is 1. The van der Waals surface area contributed by atoms with Crippen molar-refractivity contribution in [2.45, 2.75) is 13.0 Å². The number of hydrogen-bond acceptors (Lipinski definition) is 5. The summed E-state index contributed by atoms with van der Waals surface area (Å²) in [5.41, 5.74) is 2.69. The number of nitro groups is 1. The van der Waals surface area contributed by atoms with Crippen LogP contribution >= 0.6 is 0 Å². The Kier molecular flexibility index (Phi) is 4.29. The number of aliphatic hydroxyl groups is 1. The Morgan fingerprint density at radius 1 is 1.53 bits per heavy atom. The number of carbonyl (C=O) groups is 1. The molecule has 0 radical (unpaired) electrons. The van der Waals surface area contributed by atoms with E-state index in [0.29, 0.717) is 5.56 Å². The standard InChI is InChI=1S/C10H11N3O4/c1-7(14)10(15)12-11-6-8-2-4-9(5-3-8)13(16)17/h2-7,14H,1H3,(H,12,15)/b11-6-/t7-/m0/s1. The van der Waals surface area contributed by atoms with Crippen molar-refractivity contribution in [2.75, 3.05) is 0 Å². The van der Waals surface area contributed by atoms with Gasteiger partial charge in [-0.05, 0) is 24.6 Å². The van der Waals surface area contributed by atoms with Crippen molar-refractivity contribution in [1.29, 1.82) is 0 Å². The van der Waals surface area contributed by atoms with E-state index in [1.165, 1.54) is 37.4 Å². The van der Waals surface area contributed by atoms with Gasteiger partial charge in [0.05, 0.1) is 11.1 Å². The summed E-state index contributed by atoms with van der Waals surface area (Å²) in [6, 6.07) is 5.65. The molecule has 7 nitrogen and oxygen atoms in total. The fourth-order valence-corrected chi connectivity index (χ4v) is 0.946. The van der Waals surface area contributed by atoms with Crippen molar-refractivity contribution in [3.05, 3.63) is 39.9 Å². The van der Waals surface area contributed by atoms with Crippen LogP contribution in [0.25, 0.3) is 0 Å². The lowest BCUT2D eigenvalue weighted by Gasteiger charge is -2.00. The van der Waals surface area contributed by atoms with Gasteiger partial charge >= 0.3 is 0 Å². The van der Waals surface area contributed by atoms with Crippen molar-refractivity contribution >= 4 is 17.8 Å². The first-order valence-electron chi connectivity index (χ1n) is 4.76. The minimum atomic E-state index is -1.14. The highest BCUT2D eigenvalue weighted by Crippen LogP contribution is 2.10. The van der Waals surface area contributed by atoms with Crippen molar-refractivity contribution < 1.29 is 14.8 Å². The highest BCUT2D eigenvalue weighted by Gasteiger charge is 2.06. The van der Waals surface area contributed by atoms with Crippen LogP contribution in [0.3, 0.4) is 0 Å². The third kappa shape index (κ3) is 3.99. The molecule has 0 heterocycles. The Bertz CT molecular complexity index is 439. The largest absolute Gasteiger partial charge is 0.383 e. The number of nitrogens with zero attached hydrogens (tertiary/aromatic N) is 2. The molecule has 0 saturated heterocycles. The predicted octanol–water partition coefficient (Wildman–Crippen LogP) is 0.426. The van der Waals surface area contributed by atoms with E-state index >= 15 is 0 Å². The Labute approximate surface area is 96.9 Å². The lowest BCUT2D eigenvalue weighted by atomic mass is 10.2. The number of aliphatic hydroxyl groups excluding tert-OH is 1. The fraction of sp³-hybridized carbons (Fsp3) is 0.200. The minimum absolute atomic E-state index is 0.0184. The third-order valence-electron chi connectivity index (χ3n) is 1.87. The molecule has 0 aromatic heterocycles. The smallest absolute Gasteiger partial charge is 0.269 e. The van der Waals surface area contributed by atoms with Gasteiger partial charge < -0.3 is 5.11 Å². The molecule has 1 aromatic rings. The molecule has 7 heteroatoms. The number of hydrogen-bond donors (Lipinski definition) is 2. The van der Waals surface area contributed by atoms with E-state index in [4.69, 9.17) is 5.11 Å². The van der Waals surface area contributed by atoms with E-state index in [-0.39, 0.29) is 5.69 Å². The summed E-state index contributed by atoms with van der Waals surface area (Å²) in [5, 5.41) is 22.8. The van der Waals surface area contributed by atoms with Crippen LogP contribution in [0.2, 0.25) is 0 Å². The van der Waals surface area contributed by atoms with Gasteiger partial charge in [0.15, 0.2) is 0 Å². The number of carbonyl (C=O) groups excluding carboxylic acids is 1. The second-order valence-electron chi connectivity index (χ2n) is 3.26. The van der Waals surface area contributed by atoms with Crippen LogP contribution in [0.4, 0.5) is 5.69 Å². The average Bonchev–Trinajstić information content (AvgIpc) is 2.29. The first-order valence-corrected chi connectivity index (χ1v) is 4.76. The van der Waals surface area contributed by atoms with E-state index in [0.717, 1.165) is 0 Å². The van der Waals surface area contributed by atoms with Crippen LogP contribution in [0, 0.1) is 10.1 Å². The van der Waals surface area contributed by atoms with Gasteiger partial charge in [-0.2, -0.15) is 5.10 Å². The second-order valence-corrected chi connectivity index (χ2v) is 3.26. The molecule has 0 aliphatic rings. The molecule has 2 N–H and O–H groups in total. The number of rotatable bonds is 4. The summed E-state index contributed by atoms with van der Waals surface area (Å²) in [6.07, 6.45) is 0.188. The molecule has 0 fully saturated rings. The third-order valence-corrected chi connectivity index (χ3v) is 1.87. The van der Waals surface area contributed by atoms with Crippen LogP contribution in [-0.2, 0) is 4.79 Å². The zero-order valence-corrected chi connectivity index (χ0v) is 9.03. The zero-order chi connectivity index (χ0) is 12.8. The second kappa shape index (κ2) is 5.71. The number of benzene rings is 1. The summed E-state index contributed by atoms with van der Waals surface area (Å²) < 4.78 is 0. The first kappa shape index (κ1) is 12.8. The van der Waals surface area contributed by atoms with Gasteiger partial charge in [-0.3, -0.25) is 14.9 Å². The van der Waals surface area contributed by atoms with Crippen LogP contribution in [0.15, 0.2) is 29.4 Å². The molecule has 0 saturated carbocycles. The topological polar surface area (TPSA) is 105 Å². The van der Waals surface area contributed by atoms with Gasteiger partial charge in [0.1, 0.15) is 6.10 Å². The molecule has 17 heavy (non-hydrogen) atoms. The van der Waals surface area contributed by atoms with Gasteiger partial charge in [0.25, 0.3) is 11.6 Å². The zero-order valence-electron chi connectivity index (χ0n) is 9.03. The van der Waals surface area contributed by atoms with Gasteiger partial charge in [-0.15, -0.1) is 0 Å². The lowest BCUT2D eigenvalue weighted by Crippen LogP contribution is -2.28. The predicted molar refractivity (Wildman–Crippen MR) is 60.5 cm³/mol. The van der Waals surface area contributed by atoms with E-state index in [9.17, 15) is 14.9 Å². The molecule has 1 aromatic carbocycles. The molecular formula is C10H11N3O4. The van der Waals surface area contributed by atoms with Gasteiger partial charge in [0.2, 0.25) is 0 Å². The Balaban J connectivity index is 2.60. The number of hydrazone groups is 1. The average molecular weight is 237 g/mol. The molecule has 90 valence electrons. The van der Waals surface area contributed by atoms with Crippen LogP contribution in [0.1, 0.15) is 12.5 Å². The van der Waals surface area contributed by atoms with Crippen molar-refractivity contribution in [3.8, 4) is 0 Å². The molecule has 1 amide bonds. The van der Waals surface area contributed by atoms with E-state index in [2.05, 4.69) is 10.5 Å². The molecule has 0 spiro atoms. The molecular weight excluding hydrogens is 226 g/mol. The van der Waals surface area contributed by atoms with Crippen molar-refractivity contribution in [2.24, 2.45) is 5.10 Å². The monoisotopic (exact) mass is 237 g/mol. The number of nitro benzene ring substituents is 1. The van der Waals surface area contributed by atoms with Crippen molar-refractivity contribution in [1.82, 2.24) is 5.43 Å². The molecule has 0 aliphatic carbocycles. The van der Waals surface area contributed by atoms with E-state index < -0.39 is 16.9 Å². The molecule has 0 aliphatic heterocycles. The summed E-state index contributed by atoms with van der Waals surface area (Å²) in [7, 11) is 0. The lowest BCUT2D eigenvalue weighted by molar-refractivity contribution is -0.384. The Morgan fingerprint density at radius 2 is 2.12 bits per heavy atom. The number of amides is 1. The van der Waals surface area contributed by atoms with Crippen molar-refractivity contribution in [3.63, 3.8) is 0 Å². The Hall–Kier alpha value is -2.28. The molecule has 1 rings (SSSR count). The molecule has 0 unspecified atom stereocenters. The summed E-state index contributed by atoms with van der Waals surface area (Å²) in [6.45, 7) is 1.32. The highest BCUT2D eigenvalue weighted by molar-refractivity contribution is 5.84. The van der Waals surface area contributed by atoms with Gasteiger partial charge in [-0.25, -0.2) is 5.43 Å². The van der Waals surface area contributed by atoms with Crippen LogP contribution in [0.5, 0.6) is 0 Å². The summed E-state index contributed by atoms with van der Waals surface area (Å²) >= 11 is 0. The SMILES string of the molecule is C[C@H](O)C(=O)N/N=C\c1ccc([N+](=O)[O-])cc1. The first-order chi connectivity index (χ1) is 8.00. The van der Waals surface area contributed by atoms with Gasteiger partial charge in [-0.1, -0.05) is 0 Å². The Morgan fingerprint density at radius 3 is 2.59 bits per heavy atom. The van der Waals surface area contributed by atoms with Gasteiger partial charge in [0, 0.05) is 12.1 Å². The maximum absolute atomic E-state index is 10.9. The van der Waals surface area contributed by atoms with Crippen LogP contribution in [-0.4, -0.2) is 28.3 Å². The summed E-state index contributed by atoms with van der Waals surface area (Å²) in [4.78, 5) is 20.8. The van der Waals surface area contributed by atoms with Crippen LogP contribution < -0.4 is 5.43 Å².